The van der Waals surface area contributed by atoms with Crippen molar-refractivity contribution in [1.29, 1.82) is 0 Å². The SMILES string of the molecule is C=C/C=C\C(=C)C1=c2cccc/c2=C(c2ccc(C(=C)c3cc4c(cc3-c3cc5ccccc5o3)oc3ccccc34)cc2)/C=C/CCC=C1. The highest BCUT2D eigenvalue weighted by Crippen LogP contribution is 2.40. The summed E-state index contributed by atoms with van der Waals surface area (Å²) in [7, 11) is 0. The summed E-state index contributed by atoms with van der Waals surface area (Å²) in [4.78, 5) is 0. The van der Waals surface area contributed by atoms with E-state index in [1.165, 1.54) is 5.57 Å². The van der Waals surface area contributed by atoms with E-state index in [0.29, 0.717) is 0 Å². The van der Waals surface area contributed by atoms with Gasteiger partial charge in [-0.15, -0.1) is 0 Å². The maximum Gasteiger partial charge on any atom is 0.136 e. The van der Waals surface area contributed by atoms with Gasteiger partial charge in [0.15, 0.2) is 0 Å². The van der Waals surface area contributed by atoms with Crippen LogP contribution in [0.3, 0.4) is 0 Å². The van der Waals surface area contributed by atoms with E-state index in [1.54, 1.807) is 6.08 Å². The number of fused-ring (bicyclic) bond motifs is 5. The van der Waals surface area contributed by atoms with Crippen LogP contribution in [0.4, 0.5) is 0 Å². The molecule has 0 aliphatic heterocycles. The summed E-state index contributed by atoms with van der Waals surface area (Å²) in [5.74, 6) is 0.783. The molecule has 1 aliphatic carbocycles. The Morgan fingerprint density at radius 1 is 0.640 bits per heavy atom. The summed E-state index contributed by atoms with van der Waals surface area (Å²) < 4.78 is 12.7. The molecule has 5 aromatic carbocycles. The number of allylic oxidation sites excluding steroid dienone is 8. The number of benzene rings is 5. The standard InChI is InChI=1S/C48H36O2/c1-4-5-16-32(2)37-18-8-6-7-9-19-38(40-21-12-11-20-39(37)40)35-27-25-34(26-28-35)33(3)42-30-43-41-22-13-15-24-46(41)50-48(43)31-44(42)47-29-36-17-10-14-23-45(36)49-47/h4-5,8-31H,1-3,6-7H2/b16-5-,18-8?,19-9+,39-37?,40-38+. The zero-order valence-corrected chi connectivity index (χ0v) is 27.9. The summed E-state index contributed by atoms with van der Waals surface area (Å²) >= 11 is 0. The smallest absolute Gasteiger partial charge is 0.136 e. The zero-order chi connectivity index (χ0) is 34.0. The van der Waals surface area contributed by atoms with Gasteiger partial charge in [0.1, 0.15) is 22.5 Å². The number of rotatable bonds is 7. The van der Waals surface area contributed by atoms with E-state index < -0.39 is 0 Å². The molecule has 0 fully saturated rings. The zero-order valence-electron chi connectivity index (χ0n) is 27.9. The van der Waals surface area contributed by atoms with Gasteiger partial charge in [0.2, 0.25) is 0 Å². The Morgan fingerprint density at radius 2 is 1.36 bits per heavy atom. The van der Waals surface area contributed by atoms with Gasteiger partial charge in [-0.25, -0.2) is 0 Å². The van der Waals surface area contributed by atoms with E-state index in [4.69, 9.17) is 8.83 Å². The van der Waals surface area contributed by atoms with Crippen molar-refractivity contribution >= 4 is 49.6 Å². The molecule has 0 radical (unpaired) electrons. The number of hydrogen-bond acceptors (Lipinski definition) is 2. The van der Waals surface area contributed by atoms with Crippen molar-refractivity contribution in [2.75, 3.05) is 0 Å². The maximum atomic E-state index is 6.41. The Bertz CT molecular complexity index is 2650. The summed E-state index contributed by atoms with van der Waals surface area (Å²) in [6.07, 6.45) is 16.6. The highest BCUT2D eigenvalue weighted by Gasteiger charge is 2.19. The molecule has 2 heterocycles. The number of furan rings is 2. The van der Waals surface area contributed by atoms with Crippen LogP contribution in [0, 0.1) is 0 Å². The first-order valence-corrected chi connectivity index (χ1v) is 17.0. The van der Waals surface area contributed by atoms with Crippen molar-refractivity contribution in [1.82, 2.24) is 0 Å². The predicted molar refractivity (Wildman–Crippen MR) is 211 cm³/mol. The second-order valence-corrected chi connectivity index (χ2v) is 12.6. The van der Waals surface area contributed by atoms with E-state index in [9.17, 15) is 0 Å². The van der Waals surface area contributed by atoms with Gasteiger partial charge in [0.05, 0.1) is 0 Å². The van der Waals surface area contributed by atoms with Gasteiger partial charge in [-0.05, 0) is 92.6 Å². The van der Waals surface area contributed by atoms with Crippen molar-refractivity contribution in [2.24, 2.45) is 0 Å². The molecule has 2 heteroatoms. The number of hydrogen-bond donors (Lipinski definition) is 0. The molecule has 0 spiro atoms. The summed E-state index contributed by atoms with van der Waals surface area (Å²) in [6.45, 7) is 12.9. The van der Waals surface area contributed by atoms with Crippen LogP contribution in [0.5, 0.6) is 0 Å². The highest BCUT2D eigenvalue weighted by atomic mass is 16.3. The fourth-order valence-corrected chi connectivity index (χ4v) is 6.88. The molecular formula is C48H36O2. The number of para-hydroxylation sites is 2. The van der Waals surface area contributed by atoms with Gasteiger partial charge >= 0.3 is 0 Å². The third kappa shape index (κ3) is 5.71. The summed E-state index contributed by atoms with van der Waals surface area (Å²) in [5, 5.41) is 5.50. The first-order valence-electron chi connectivity index (χ1n) is 17.0. The minimum absolute atomic E-state index is 0.783. The molecule has 0 saturated heterocycles. The third-order valence-electron chi connectivity index (χ3n) is 9.43. The average Bonchev–Trinajstić information content (AvgIpc) is 3.76. The molecule has 0 bridgehead atoms. The van der Waals surface area contributed by atoms with Crippen LogP contribution in [0.2, 0.25) is 0 Å². The molecule has 0 amide bonds. The second kappa shape index (κ2) is 13.3. The van der Waals surface area contributed by atoms with Crippen molar-refractivity contribution < 1.29 is 8.83 Å². The van der Waals surface area contributed by atoms with E-state index >= 15 is 0 Å². The molecule has 0 N–H and O–H groups in total. The lowest BCUT2D eigenvalue weighted by molar-refractivity contribution is 0.630. The Morgan fingerprint density at radius 3 is 2.16 bits per heavy atom. The van der Waals surface area contributed by atoms with Crippen molar-refractivity contribution in [3.05, 3.63) is 210 Å². The van der Waals surface area contributed by atoms with Crippen LogP contribution in [0.25, 0.3) is 61.0 Å². The lowest BCUT2D eigenvalue weighted by Gasteiger charge is -2.13. The third-order valence-corrected chi connectivity index (χ3v) is 9.43. The van der Waals surface area contributed by atoms with Gasteiger partial charge < -0.3 is 8.83 Å². The Hall–Kier alpha value is -6.38. The van der Waals surface area contributed by atoms with E-state index in [2.05, 4.69) is 123 Å². The second-order valence-electron chi connectivity index (χ2n) is 12.6. The van der Waals surface area contributed by atoms with Crippen LogP contribution in [-0.4, -0.2) is 0 Å². The quantitative estimate of drug-likeness (QED) is 0.161. The lowest BCUT2D eigenvalue weighted by atomic mass is 9.90. The fourth-order valence-electron chi connectivity index (χ4n) is 6.88. The van der Waals surface area contributed by atoms with Crippen LogP contribution >= 0.6 is 0 Å². The molecule has 2 nitrogen and oxygen atoms in total. The van der Waals surface area contributed by atoms with Crippen LogP contribution in [0.15, 0.2) is 192 Å². The Labute approximate surface area is 292 Å². The average molecular weight is 645 g/mol. The van der Waals surface area contributed by atoms with Crippen LogP contribution < -0.4 is 10.4 Å². The van der Waals surface area contributed by atoms with E-state index in [1.807, 2.05) is 48.6 Å². The summed E-state index contributed by atoms with van der Waals surface area (Å²) in [6, 6.07) is 40.0. The lowest BCUT2D eigenvalue weighted by Crippen LogP contribution is -2.29. The topological polar surface area (TPSA) is 26.3 Å². The summed E-state index contributed by atoms with van der Waals surface area (Å²) in [5.41, 5.74) is 10.8. The van der Waals surface area contributed by atoms with Crippen LogP contribution in [0.1, 0.15) is 29.5 Å². The van der Waals surface area contributed by atoms with Crippen molar-refractivity contribution in [2.45, 2.75) is 12.8 Å². The molecule has 50 heavy (non-hydrogen) atoms. The molecular weight excluding hydrogens is 609 g/mol. The van der Waals surface area contributed by atoms with Gasteiger partial charge in [-0.3, -0.25) is 0 Å². The Balaban J connectivity index is 1.27. The van der Waals surface area contributed by atoms with Crippen molar-refractivity contribution in [3.8, 4) is 11.3 Å². The molecule has 2 aromatic heterocycles. The minimum Gasteiger partial charge on any atom is -0.456 e. The van der Waals surface area contributed by atoms with E-state index in [-0.39, 0.29) is 0 Å². The van der Waals surface area contributed by atoms with Crippen molar-refractivity contribution in [3.63, 3.8) is 0 Å². The monoisotopic (exact) mass is 644 g/mol. The van der Waals surface area contributed by atoms with Gasteiger partial charge in [0, 0.05) is 21.7 Å². The van der Waals surface area contributed by atoms with Gasteiger partial charge in [-0.1, -0.05) is 147 Å². The molecule has 240 valence electrons. The van der Waals surface area contributed by atoms with Gasteiger partial charge in [-0.2, -0.15) is 0 Å². The predicted octanol–water partition coefficient (Wildman–Crippen LogP) is 11.6. The maximum absolute atomic E-state index is 6.41. The van der Waals surface area contributed by atoms with Crippen LogP contribution in [-0.2, 0) is 0 Å². The molecule has 0 saturated carbocycles. The fraction of sp³-hybridized carbons (Fsp3) is 0.0417. The molecule has 7 aromatic rings. The minimum atomic E-state index is 0.783. The first-order chi connectivity index (χ1) is 24.6. The largest absolute Gasteiger partial charge is 0.456 e. The van der Waals surface area contributed by atoms with E-state index in [0.717, 1.165) is 101 Å². The van der Waals surface area contributed by atoms with Gasteiger partial charge in [0.25, 0.3) is 0 Å². The normalized spacial score (nSPS) is 15.1. The molecule has 0 atom stereocenters. The molecule has 1 aliphatic rings. The molecule has 0 unspecified atom stereocenters. The molecule has 8 rings (SSSR count). The highest BCUT2D eigenvalue weighted by molar-refractivity contribution is 6.08. The Kier molecular flexibility index (Phi) is 8.20. The first kappa shape index (κ1) is 30.9.